The van der Waals surface area contributed by atoms with Crippen molar-refractivity contribution in [2.75, 3.05) is 10.5 Å². The van der Waals surface area contributed by atoms with Crippen molar-refractivity contribution in [3.63, 3.8) is 0 Å². The molecule has 0 fully saturated rings. The zero-order chi connectivity index (χ0) is 14.0. The molecule has 0 unspecified atom stereocenters. The Hall–Kier alpha value is -2.08. The number of carboxylic acid groups (broad SMARTS) is 1. The summed E-state index contributed by atoms with van der Waals surface area (Å²) in [7, 11) is -3.45. The molecule has 19 heavy (non-hydrogen) atoms. The Labute approximate surface area is 110 Å². The average molecular weight is 279 g/mol. The summed E-state index contributed by atoms with van der Waals surface area (Å²) >= 11 is 0. The summed E-state index contributed by atoms with van der Waals surface area (Å²) < 4.78 is 25.7. The molecule has 2 rings (SSSR count). The molecule has 0 saturated heterocycles. The lowest BCUT2D eigenvalue weighted by molar-refractivity contribution is 0.0699. The SMILES string of the molecule is CCS(=O)(=O)Nc1cccc2cccc(C(=O)O)c12. The van der Waals surface area contributed by atoms with E-state index in [4.69, 9.17) is 0 Å². The number of benzene rings is 2. The van der Waals surface area contributed by atoms with Gasteiger partial charge in [-0.3, -0.25) is 4.72 Å². The summed E-state index contributed by atoms with van der Waals surface area (Å²) in [5.74, 6) is -1.16. The van der Waals surface area contributed by atoms with Crippen LogP contribution in [0.15, 0.2) is 36.4 Å². The van der Waals surface area contributed by atoms with Crippen molar-refractivity contribution in [1.82, 2.24) is 0 Å². The van der Waals surface area contributed by atoms with Gasteiger partial charge in [-0.15, -0.1) is 0 Å². The fourth-order valence-corrected chi connectivity index (χ4v) is 2.49. The van der Waals surface area contributed by atoms with Gasteiger partial charge in [-0.2, -0.15) is 0 Å². The van der Waals surface area contributed by atoms with Gasteiger partial charge in [0.1, 0.15) is 0 Å². The summed E-state index contributed by atoms with van der Waals surface area (Å²) in [6.45, 7) is 1.52. The van der Waals surface area contributed by atoms with Crippen LogP contribution in [0.4, 0.5) is 5.69 Å². The third kappa shape index (κ3) is 2.68. The normalized spacial score (nSPS) is 11.4. The van der Waals surface area contributed by atoms with Crippen LogP contribution >= 0.6 is 0 Å². The van der Waals surface area contributed by atoms with Gasteiger partial charge < -0.3 is 5.11 Å². The lowest BCUT2D eigenvalue weighted by atomic mass is 10.0. The molecule has 0 aliphatic heterocycles. The molecular weight excluding hydrogens is 266 g/mol. The summed E-state index contributed by atoms with van der Waals surface area (Å²) in [4.78, 5) is 11.2. The number of rotatable bonds is 4. The minimum atomic E-state index is -3.45. The number of carbonyl (C=O) groups is 1. The second-order valence-electron chi connectivity index (χ2n) is 4.02. The number of nitrogens with one attached hydrogen (secondary N) is 1. The van der Waals surface area contributed by atoms with E-state index in [2.05, 4.69) is 4.72 Å². The van der Waals surface area contributed by atoms with Gasteiger partial charge in [0.05, 0.1) is 17.0 Å². The Kier molecular flexibility index (Phi) is 3.44. The van der Waals surface area contributed by atoms with E-state index in [-0.39, 0.29) is 17.0 Å². The molecule has 2 aromatic rings. The Bertz CT molecular complexity index is 732. The Morgan fingerprint density at radius 2 is 1.84 bits per heavy atom. The fraction of sp³-hybridized carbons (Fsp3) is 0.154. The van der Waals surface area contributed by atoms with Crippen molar-refractivity contribution in [1.29, 1.82) is 0 Å². The van der Waals surface area contributed by atoms with Crippen molar-refractivity contribution in [2.24, 2.45) is 0 Å². The van der Waals surface area contributed by atoms with Gasteiger partial charge in [0.2, 0.25) is 10.0 Å². The average Bonchev–Trinajstić information content (AvgIpc) is 2.38. The Morgan fingerprint density at radius 3 is 2.42 bits per heavy atom. The van der Waals surface area contributed by atoms with Crippen LogP contribution in [0.5, 0.6) is 0 Å². The van der Waals surface area contributed by atoms with Crippen LogP contribution in [0.2, 0.25) is 0 Å². The standard InChI is InChI=1S/C13H13NO4S/c1-2-19(17,18)14-11-8-4-6-9-5-3-7-10(12(9)11)13(15)16/h3-8,14H,2H2,1H3,(H,15,16). The van der Waals surface area contributed by atoms with Crippen molar-refractivity contribution in [2.45, 2.75) is 6.92 Å². The van der Waals surface area contributed by atoms with E-state index >= 15 is 0 Å². The highest BCUT2D eigenvalue weighted by atomic mass is 32.2. The van der Waals surface area contributed by atoms with Crippen LogP contribution in [-0.2, 0) is 10.0 Å². The van der Waals surface area contributed by atoms with Gasteiger partial charge in [0, 0.05) is 5.39 Å². The molecule has 2 aromatic carbocycles. The van der Waals surface area contributed by atoms with Crippen molar-refractivity contribution in [3.05, 3.63) is 42.0 Å². The molecule has 0 amide bonds. The van der Waals surface area contributed by atoms with Crippen molar-refractivity contribution >= 4 is 32.5 Å². The van der Waals surface area contributed by atoms with E-state index in [1.807, 2.05) is 0 Å². The molecule has 6 heteroatoms. The molecule has 0 aliphatic carbocycles. The highest BCUT2D eigenvalue weighted by Crippen LogP contribution is 2.28. The van der Waals surface area contributed by atoms with Crippen molar-refractivity contribution < 1.29 is 18.3 Å². The van der Waals surface area contributed by atoms with Crippen LogP contribution < -0.4 is 4.72 Å². The van der Waals surface area contributed by atoms with E-state index in [9.17, 15) is 18.3 Å². The van der Waals surface area contributed by atoms with Gasteiger partial charge in [-0.1, -0.05) is 24.3 Å². The minimum Gasteiger partial charge on any atom is -0.478 e. The maximum atomic E-state index is 11.6. The summed E-state index contributed by atoms with van der Waals surface area (Å²) in [6.07, 6.45) is 0. The maximum absolute atomic E-state index is 11.6. The van der Waals surface area contributed by atoms with E-state index in [1.165, 1.54) is 13.0 Å². The van der Waals surface area contributed by atoms with Crippen molar-refractivity contribution in [3.8, 4) is 0 Å². The predicted molar refractivity (Wildman–Crippen MR) is 74.0 cm³/mol. The van der Waals surface area contributed by atoms with E-state index in [0.29, 0.717) is 10.8 Å². The fourth-order valence-electron chi connectivity index (χ4n) is 1.84. The van der Waals surface area contributed by atoms with Gasteiger partial charge in [-0.05, 0) is 24.4 Å². The van der Waals surface area contributed by atoms with E-state index in [0.717, 1.165) is 0 Å². The van der Waals surface area contributed by atoms with Gasteiger partial charge in [0.15, 0.2) is 0 Å². The first kappa shape index (κ1) is 13.4. The summed E-state index contributed by atoms with van der Waals surface area (Å²) in [6, 6.07) is 9.80. The number of sulfonamides is 1. The molecular formula is C13H13NO4S. The predicted octanol–water partition coefficient (Wildman–Crippen LogP) is 2.30. The highest BCUT2D eigenvalue weighted by Gasteiger charge is 2.14. The third-order valence-corrected chi connectivity index (χ3v) is 4.07. The Morgan fingerprint density at radius 1 is 1.21 bits per heavy atom. The largest absolute Gasteiger partial charge is 0.478 e. The zero-order valence-corrected chi connectivity index (χ0v) is 11.1. The molecule has 0 atom stereocenters. The first-order valence-electron chi connectivity index (χ1n) is 5.70. The molecule has 0 spiro atoms. The lowest BCUT2D eigenvalue weighted by Gasteiger charge is -2.11. The zero-order valence-electron chi connectivity index (χ0n) is 10.3. The lowest BCUT2D eigenvalue weighted by Crippen LogP contribution is -2.15. The quantitative estimate of drug-likeness (QED) is 0.899. The molecule has 100 valence electrons. The van der Waals surface area contributed by atoms with E-state index in [1.54, 1.807) is 30.3 Å². The molecule has 5 nitrogen and oxygen atoms in total. The first-order chi connectivity index (χ1) is 8.94. The molecule has 0 bridgehead atoms. The smallest absolute Gasteiger partial charge is 0.336 e. The maximum Gasteiger partial charge on any atom is 0.336 e. The number of fused-ring (bicyclic) bond motifs is 1. The number of carboxylic acids is 1. The monoisotopic (exact) mass is 279 g/mol. The topological polar surface area (TPSA) is 83.5 Å². The Balaban J connectivity index is 2.71. The van der Waals surface area contributed by atoms with Gasteiger partial charge in [0.25, 0.3) is 0 Å². The first-order valence-corrected chi connectivity index (χ1v) is 7.35. The summed E-state index contributed by atoms with van der Waals surface area (Å²) in [5, 5.41) is 10.3. The van der Waals surface area contributed by atoms with Crippen LogP contribution in [0.1, 0.15) is 17.3 Å². The van der Waals surface area contributed by atoms with Gasteiger partial charge >= 0.3 is 5.97 Å². The van der Waals surface area contributed by atoms with E-state index < -0.39 is 16.0 Å². The molecule has 0 aromatic heterocycles. The highest BCUT2D eigenvalue weighted by molar-refractivity contribution is 7.92. The third-order valence-electron chi connectivity index (χ3n) is 2.78. The van der Waals surface area contributed by atoms with Crippen LogP contribution in [0.25, 0.3) is 10.8 Å². The summed E-state index contributed by atoms with van der Waals surface area (Å²) in [5.41, 5.74) is 0.365. The molecule has 2 N–H and O–H groups in total. The number of hydrogen-bond acceptors (Lipinski definition) is 3. The number of aromatic carboxylic acids is 1. The number of anilines is 1. The van der Waals surface area contributed by atoms with Crippen LogP contribution in [-0.4, -0.2) is 25.2 Å². The minimum absolute atomic E-state index is 0.0708. The van der Waals surface area contributed by atoms with Crippen LogP contribution in [0, 0.1) is 0 Å². The number of hydrogen-bond donors (Lipinski definition) is 2. The molecule has 0 heterocycles. The molecule has 0 saturated carbocycles. The van der Waals surface area contributed by atoms with Gasteiger partial charge in [-0.25, -0.2) is 13.2 Å². The van der Waals surface area contributed by atoms with Crippen LogP contribution in [0.3, 0.4) is 0 Å². The second kappa shape index (κ2) is 4.89. The molecule has 0 aliphatic rings. The second-order valence-corrected chi connectivity index (χ2v) is 6.03. The molecule has 0 radical (unpaired) electrons.